The molecule has 2 amide bonds. The largest absolute Gasteiger partial charge is 0.497 e. The van der Waals surface area contributed by atoms with Crippen molar-refractivity contribution in [3.63, 3.8) is 0 Å². The van der Waals surface area contributed by atoms with Crippen LogP contribution < -0.4 is 20.1 Å². The van der Waals surface area contributed by atoms with Crippen molar-refractivity contribution in [1.29, 1.82) is 0 Å². The van der Waals surface area contributed by atoms with Gasteiger partial charge in [0.25, 0.3) is 10.0 Å². The summed E-state index contributed by atoms with van der Waals surface area (Å²) in [6.45, 7) is 1.11. The van der Waals surface area contributed by atoms with Crippen molar-refractivity contribution in [2.24, 2.45) is 0 Å². The minimum Gasteiger partial charge on any atom is -0.497 e. The first-order chi connectivity index (χ1) is 13.7. The molecule has 0 heterocycles. The Morgan fingerprint density at radius 1 is 1.03 bits per heavy atom. The van der Waals surface area contributed by atoms with E-state index in [4.69, 9.17) is 17.0 Å². The van der Waals surface area contributed by atoms with Crippen LogP contribution in [0.1, 0.15) is 12.5 Å². The zero-order valence-corrected chi connectivity index (χ0v) is 17.3. The average molecular weight is 434 g/mol. The standard InChI is InChI=1S/C19H19N3O5S2/c1-13(23)22-29(25,26)17-10-6-15(7-11-17)20-19(28)21-18(24)12-5-14-3-8-16(27-2)9-4-14/h3-12H,1-2H3,(H,22,23)(H2,20,21,24,28). The summed E-state index contributed by atoms with van der Waals surface area (Å²) >= 11 is 5.07. The lowest BCUT2D eigenvalue weighted by Gasteiger charge is -2.09. The van der Waals surface area contributed by atoms with Crippen LogP contribution in [0.2, 0.25) is 0 Å². The molecule has 0 aromatic heterocycles. The van der Waals surface area contributed by atoms with Gasteiger partial charge in [-0.15, -0.1) is 0 Å². The third-order valence-corrected chi connectivity index (χ3v) is 5.13. The van der Waals surface area contributed by atoms with Gasteiger partial charge in [0.05, 0.1) is 12.0 Å². The highest BCUT2D eigenvalue weighted by Gasteiger charge is 2.15. The maximum absolute atomic E-state index is 12.0. The highest BCUT2D eigenvalue weighted by Crippen LogP contribution is 2.14. The Labute approximate surface area is 174 Å². The van der Waals surface area contributed by atoms with E-state index in [2.05, 4.69) is 10.6 Å². The van der Waals surface area contributed by atoms with E-state index in [1.165, 1.54) is 30.3 Å². The number of ether oxygens (including phenoxy) is 1. The van der Waals surface area contributed by atoms with Crippen LogP contribution in [-0.2, 0) is 19.6 Å². The average Bonchev–Trinajstić information content (AvgIpc) is 2.66. The summed E-state index contributed by atoms with van der Waals surface area (Å²) < 4.78 is 30.7. The number of nitrogens with one attached hydrogen (secondary N) is 3. The molecule has 0 spiro atoms. The van der Waals surface area contributed by atoms with Crippen molar-refractivity contribution in [1.82, 2.24) is 10.0 Å². The number of sulfonamides is 1. The van der Waals surface area contributed by atoms with Gasteiger partial charge in [-0.2, -0.15) is 0 Å². The summed E-state index contributed by atoms with van der Waals surface area (Å²) in [6, 6.07) is 12.7. The molecule has 0 radical (unpaired) electrons. The lowest BCUT2D eigenvalue weighted by molar-refractivity contribution is -0.117. The third-order valence-electron chi connectivity index (χ3n) is 3.48. The Kier molecular flexibility index (Phi) is 7.46. The number of methoxy groups -OCH3 is 1. The minimum atomic E-state index is -3.91. The van der Waals surface area contributed by atoms with Gasteiger partial charge in [-0.3, -0.25) is 14.9 Å². The number of amides is 2. The molecule has 2 aromatic rings. The summed E-state index contributed by atoms with van der Waals surface area (Å²) in [5.74, 6) is -0.394. The van der Waals surface area contributed by atoms with Gasteiger partial charge in [0.15, 0.2) is 5.11 Å². The van der Waals surface area contributed by atoms with Gasteiger partial charge >= 0.3 is 0 Å². The lowest BCUT2D eigenvalue weighted by Crippen LogP contribution is -2.32. The Bertz CT molecular complexity index is 1030. The number of hydrogen-bond donors (Lipinski definition) is 3. The molecule has 8 nitrogen and oxygen atoms in total. The highest BCUT2D eigenvalue weighted by molar-refractivity contribution is 7.90. The maximum Gasteiger partial charge on any atom is 0.264 e. The summed E-state index contributed by atoms with van der Waals surface area (Å²) in [4.78, 5) is 22.8. The predicted octanol–water partition coefficient (Wildman–Crippen LogP) is 2.05. The van der Waals surface area contributed by atoms with Crippen LogP contribution in [0.25, 0.3) is 6.08 Å². The van der Waals surface area contributed by atoms with Gasteiger partial charge in [0, 0.05) is 18.7 Å². The molecular weight excluding hydrogens is 414 g/mol. The van der Waals surface area contributed by atoms with E-state index in [-0.39, 0.29) is 10.0 Å². The van der Waals surface area contributed by atoms with E-state index in [0.29, 0.717) is 11.4 Å². The Morgan fingerprint density at radius 2 is 1.66 bits per heavy atom. The molecule has 3 N–H and O–H groups in total. The van der Waals surface area contributed by atoms with Gasteiger partial charge in [-0.1, -0.05) is 12.1 Å². The fraction of sp³-hybridized carbons (Fsp3) is 0.105. The predicted molar refractivity (Wildman–Crippen MR) is 114 cm³/mol. The first-order valence-corrected chi connectivity index (χ1v) is 10.2. The lowest BCUT2D eigenvalue weighted by atomic mass is 10.2. The molecule has 0 saturated heterocycles. The summed E-state index contributed by atoms with van der Waals surface area (Å²) in [5.41, 5.74) is 1.28. The molecule has 29 heavy (non-hydrogen) atoms. The molecule has 0 fully saturated rings. The molecule has 0 aliphatic heterocycles. The Balaban J connectivity index is 1.91. The van der Waals surface area contributed by atoms with Crippen molar-refractivity contribution in [2.45, 2.75) is 11.8 Å². The van der Waals surface area contributed by atoms with E-state index in [0.717, 1.165) is 12.5 Å². The van der Waals surface area contributed by atoms with Crippen LogP contribution in [0.3, 0.4) is 0 Å². The highest BCUT2D eigenvalue weighted by atomic mass is 32.2. The second-order valence-corrected chi connectivity index (χ2v) is 7.83. The zero-order valence-electron chi connectivity index (χ0n) is 15.6. The van der Waals surface area contributed by atoms with Crippen LogP contribution in [0.5, 0.6) is 5.75 Å². The molecule has 0 bridgehead atoms. The number of rotatable bonds is 6. The monoisotopic (exact) mass is 433 g/mol. The summed E-state index contributed by atoms with van der Waals surface area (Å²) in [5, 5.41) is 5.31. The molecule has 2 rings (SSSR count). The van der Waals surface area contributed by atoms with Gasteiger partial charge < -0.3 is 10.1 Å². The molecule has 0 saturated carbocycles. The number of benzene rings is 2. The normalized spacial score (nSPS) is 11.0. The smallest absolute Gasteiger partial charge is 0.264 e. The number of anilines is 1. The van der Waals surface area contributed by atoms with E-state index in [1.54, 1.807) is 37.5 Å². The maximum atomic E-state index is 12.0. The number of carbonyl (C=O) groups is 2. The van der Waals surface area contributed by atoms with Crippen molar-refractivity contribution in [3.8, 4) is 5.75 Å². The second-order valence-electron chi connectivity index (χ2n) is 5.74. The van der Waals surface area contributed by atoms with Crippen LogP contribution in [0.15, 0.2) is 59.5 Å². The molecular formula is C19H19N3O5S2. The third kappa shape index (κ3) is 7.01. The molecule has 2 aromatic carbocycles. The van der Waals surface area contributed by atoms with Gasteiger partial charge in [-0.05, 0) is 60.3 Å². The topological polar surface area (TPSA) is 114 Å². The Hall–Kier alpha value is -3.24. The number of hydrogen-bond acceptors (Lipinski definition) is 6. The van der Waals surface area contributed by atoms with E-state index < -0.39 is 21.8 Å². The van der Waals surface area contributed by atoms with E-state index in [9.17, 15) is 18.0 Å². The van der Waals surface area contributed by atoms with Crippen molar-refractivity contribution < 1.29 is 22.7 Å². The number of thiocarbonyl (C=S) groups is 1. The fourth-order valence-corrected chi connectivity index (χ4v) is 3.38. The quantitative estimate of drug-likeness (QED) is 0.472. The molecule has 0 aliphatic carbocycles. The van der Waals surface area contributed by atoms with Crippen molar-refractivity contribution in [3.05, 3.63) is 60.2 Å². The number of carbonyl (C=O) groups excluding carboxylic acids is 2. The van der Waals surface area contributed by atoms with Crippen LogP contribution >= 0.6 is 12.2 Å². The molecule has 152 valence electrons. The van der Waals surface area contributed by atoms with Crippen LogP contribution in [0, 0.1) is 0 Å². The molecule has 10 heteroatoms. The Morgan fingerprint density at radius 3 is 2.21 bits per heavy atom. The summed E-state index contributed by atoms with van der Waals surface area (Å²) in [7, 11) is -2.34. The molecule has 0 atom stereocenters. The van der Waals surface area contributed by atoms with Crippen LogP contribution in [-0.4, -0.2) is 32.5 Å². The summed E-state index contributed by atoms with van der Waals surface area (Å²) in [6.07, 6.45) is 2.96. The van der Waals surface area contributed by atoms with Gasteiger partial charge in [0.2, 0.25) is 11.8 Å². The van der Waals surface area contributed by atoms with E-state index >= 15 is 0 Å². The molecule has 0 unspecified atom stereocenters. The first kappa shape index (κ1) is 22.1. The minimum absolute atomic E-state index is 0.0480. The van der Waals surface area contributed by atoms with E-state index in [1.807, 2.05) is 4.72 Å². The van der Waals surface area contributed by atoms with Crippen molar-refractivity contribution in [2.75, 3.05) is 12.4 Å². The van der Waals surface area contributed by atoms with Gasteiger partial charge in [-0.25, -0.2) is 13.1 Å². The first-order valence-electron chi connectivity index (χ1n) is 8.27. The second kappa shape index (κ2) is 9.80. The zero-order chi connectivity index (χ0) is 21.4. The SMILES string of the molecule is COc1ccc(C=CC(=O)NC(=S)Nc2ccc(S(=O)(=O)NC(C)=O)cc2)cc1. The van der Waals surface area contributed by atoms with Crippen molar-refractivity contribution >= 4 is 50.9 Å². The van der Waals surface area contributed by atoms with Gasteiger partial charge in [0.1, 0.15) is 5.75 Å². The van der Waals surface area contributed by atoms with Crippen LogP contribution in [0.4, 0.5) is 5.69 Å². The molecule has 0 aliphatic rings. The fourth-order valence-electron chi connectivity index (χ4n) is 2.17.